The van der Waals surface area contributed by atoms with Crippen LogP contribution in [0.5, 0.6) is 0 Å². The van der Waals surface area contributed by atoms with Crippen LogP contribution in [0.4, 0.5) is 0 Å². The molecule has 2 N–H and O–H groups in total. The summed E-state index contributed by atoms with van der Waals surface area (Å²) in [6, 6.07) is -0.281. The minimum absolute atomic E-state index is 0.206. The summed E-state index contributed by atoms with van der Waals surface area (Å²) in [5.74, 6) is 0.206. The van der Waals surface area contributed by atoms with Gasteiger partial charge in [0.2, 0.25) is 0 Å². The maximum atomic E-state index is 11.3. The lowest BCUT2D eigenvalue weighted by atomic mass is 10.0. The van der Waals surface area contributed by atoms with Crippen LogP contribution < -0.4 is 5.73 Å². The number of allylic oxidation sites excluding steroid dienone is 2. The number of Topliss-reactive ketones (excluding diaryl/α,β-unsaturated/α-hetero) is 1. The lowest BCUT2D eigenvalue weighted by Crippen LogP contribution is -2.26. The first kappa shape index (κ1) is 21.4. The van der Waals surface area contributed by atoms with Gasteiger partial charge in [-0.05, 0) is 39.0 Å². The van der Waals surface area contributed by atoms with Crippen molar-refractivity contribution in [1.82, 2.24) is 0 Å². The zero-order chi connectivity index (χ0) is 16.5. The van der Waals surface area contributed by atoms with Crippen LogP contribution in [0.2, 0.25) is 0 Å². The second-order valence-electron chi connectivity index (χ2n) is 6.59. The van der Waals surface area contributed by atoms with Gasteiger partial charge >= 0.3 is 0 Å². The average molecular weight is 310 g/mol. The van der Waals surface area contributed by atoms with Crippen LogP contribution in [0.25, 0.3) is 0 Å². The molecule has 0 aliphatic rings. The predicted octanol–water partition coefficient (Wildman–Crippen LogP) is 5.94. The van der Waals surface area contributed by atoms with E-state index in [1.54, 1.807) is 6.92 Å². The summed E-state index contributed by atoms with van der Waals surface area (Å²) in [6.45, 7) is 4.04. The predicted molar refractivity (Wildman–Crippen MR) is 98.1 cm³/mol. The molecule has 0 aliphatic heterocycles. The molecule has 0 saturated heterocycles. The molecular formula is C20H39NO. The summed E-state index contributed by atoms with van der Waals surface area (Å²) in [7, 11) is 0. The van der Waals surface area contributed by atoms with Crippen LogP contribution >= 0.6 is 0 Å². The highest BCUT2D eigenvalue weighted by Gasteiger charge is 2.05. The maximum Gasteiger partial charge on any atom is 0.149 e. The topological polar surface area (TPSA) is 43.1 Å². The van der Waals surface area contributed by atoms with Gasteiger partial charge in [0.1, 0.15) is 5.78 Å². The van der Waals surface area contributed by atoms with E-state index in [2.05, 4.69) is 19.1 Å². The molecule has 0 bridgehead atoms. The van der Waals surface area contributed by atoms with Crippen molar-refractivity contribution in [2.45, 2.75) is 110 Å². The van der Waals surface area contributed by atoms with E-state index in [0.717, 1.165) is 6.42 Å². The number of hydrogen-bond donors (Lipinski definition) is 1. The first-order valence-electron chi connectivity index (χ1n) is 9.61. The summed E-state index contributed by atoms with van der Waals surface area (Å²) >= 11 is 0. The van der Waals surface area contributed by atoms with Crippen molar-refractivity contribution >= 4 is 5.78 Å². The van der Waals surface area contributed by atoms with Crippen LogP contribution in [-0.2, 0) is 4.79 Å². The zero-order valence-corrected chi connectivity index (χ0v) is 15.1. The monoisotopic (exact) mass is 309 g/mol. The molecule has 0 heterocycles. The van der Waals surface area contributed by atoms with E-state index in [0.29, 0.717) is 6.42 Å². The molecule has 0 saturated carbocycles. The minimum atomic E-state index is -0.281. The standard InChI is InChI=1S/C20H39NO/c1-3-4-5-6-7-8-9-10-11-12-13-14-15-16-17-18-20(22)19(2)21/h10-11,19H,3-9,12-18,21H2,1-2H3/b11-10-. The van der Waals surface area contributed by atoms with Gasteiger partial charge in [0.05, 0.1) is 6.04 Å². The van der Waals surface area contributed by atoms with Gasteiger partial charge in [-0.3, -0.25) is 4.79 Å². The highest BCUT2D eigenvalue weighted by Crippen LogP contribution is 2.10. The number of ketones is 1. The number of unbranched alkanes of at least 4 members (excludes halogenated alkanes) is 11. The zero-order valence-electron chi connectivity index (χ0n) is 15.1. The van der Waals surface area contributed by atoms with Gasteiger partial charge in [-0.2, -0.15) is 0 Å². The molecular weight excluding hydrogens is 270 g/mol. The molecule has 22 heavy (non-hydrogen) atoms. The Morgan fingerprint density at radius 2 is 1.27 bits per heavy atom. The Kier molecular flexibility index (Phi) is 16.3. The van der Waals surface area contributed by atoms with E-state index in [-0.39, 0.29) is 11.8 Å². The molecule has 0 aromatic rings. The van der Waals surface area contributed by atoms with E-state index in [9.17, 15) is 4.79 Å². The molecule has 0 fully saturated rings. The Morgan fingerprint density at radius 3 is 1.77 bits per heavy atom. The third-order valence-corrected chi connectivity index (χ3v) is 4.19. The summed E-state index contributed by atoms with van der Waals surface area (Å²) in [5, 5.41) is 0. The summed E-state index contributed by atoms with van der Waals surface area (Å²) in [5.41, 5.74) is 5.54. The highest BCUT2D eigenvalue weighted by molar-refractivity contribution is 5.83. The second kappa shape index (κ2) is 16.7. The molecule has 0 amide bonds. The number of rotatable bonds is 16. The fourth-order valence-corrected chi connectivity index (χ4v) is 2.60. The van der Waals surface area contributed by atoms with Crippen molar-refractivity contribution < 1.29 is 4.79 Å². The van der Waals surface area contributed by atoms with Crippen molar-refractivity contribution in [2.75, 3.05) is 0 Å². The van der Waals surface area contributed by atoms with Gasteiger partial charge in [0.15, 0.2) is 0 Å². The summed E-state index contributed by atoms with van der Waals surface area (Å²) in [6.07, 6.45) is 22.1. The number of hydrogen-bond acceptors (Lipinski definition) is 2. The number of carbonyl (C=O) groups excluding carboxylic acids is 1. The molecule has 130 valence electrons. The molecule has 1 unspecified atom stereocenters. The Balaban J connectivity index is 3.16. The fraction of sp³-hybridized carbons (Fsp3) is 0.850. The lowest BCUT2D eigenvalue weighted by molar-refractivity contribution is -0.120. The third kappa shape index (κ3) is 15.8. The minimum Gasteiger partial charge on any atom is -0.322 e. The van der Waals surface area contributed by atoms with E-state index in [1.807, 2.05) is 0 Å². The van der Waals surface area contributed by atoms with Gasteiger partial charge < -0.3 is 5.73 Å². The van der Waals surface area contributed by atoms with Crippen molar-refractivity contribution in [3.63, 3.8) is 0 Å². The maximum absolute atomic E-state index is 11.3. The number of carbonyl (C=O) groups is 1. The van der Waals surface area contributed by atoms with Crippen LogP contribution in [0.15, 0.2) is 12.2 Å². The van der Waals surface area contributed by atoms with Crippen molar-refractivity contribution in [3.8, 4) is 0 Å². The summed E-state index contributed by atoms with van der Waals surface area (Å²) in [4.78, 5) is 11.3. The van der Waals surface area contributed by atoms with Gasteiger partial charge in [0, 0.05) is 6.42 Å². The smallest absolute Gasteiger partial charge is 0.149 e. The molecule has 0 rings (SSSR count). The Bertz CT molecular complexity index is 271. The second-order valence-corrected chi connectivity index (χ2v) is 6.59. The van der Waals surface area contributed by atoms with Crippen LogP contribution in [0.3, 0.4) is 0 Å². The van der Waals surface area contributed by atoms with Gasteiger partial charge in [-0.25, -0.2) is 0 Å². The van der Waals surface area contributed by atoms with E-state index < -0.39 is 0 Å². The largest absolute Gasteiger partial charge is 0.322 e. The van der Waals surface area contributed by atoms with Crippen LogP contribution in [0, 0.1) is 0 Å². The Labute approximate surface area is 138 Å². The quantitative estimate of drug-likeness (QED) is 0.283. The van der Waals surface area contributed by atoms with Crippen molar-refractivity contribution in [2.24, 2.45) is 5.73 Å². The average Bonchev–Trinajstić information content (AvgIpc) is 2.50. The molecule has 0 aromatic heterocycles. The molecule has 0 aromatic carbocycles. The van der Waals surface area contributed by atoms with E-state index >= 15 is 0 Å². The van der Waals surface area contributed by atoms with Crippen molar-refractivity contribution in [3.05, 3.63) is 12.2 Å². The third-order valence-electron chi connectivity index (χ3n) is 4.19. The highest BCUT2D eigenvalue weighted by atomic mass is 16.1. The number of nitrogens with two attached hydrogens (primary N) is 1. The fourth-order valence-electron chi connectivity index (χ4n) is 2.60. The van der Waals surface area contributed by atoms with Crippen molar-refractivity contribution in [1.29, 1.82) is 0 Å². The lowest BCUT2D eigenvalue weighted by Gasteiger charge is -2.03. The normalized spacial score (nSPS) is 12.9. The first-order chi connectivity index (χ1) is 10.7. The molecule has 0 radical (unpaired) electrons. The van der Waals surface area contributed by atoms with E-state index in [1.165, 1.54) is 77.0 Å². The van der Waals surface area contributed by atoms with Crippen LogP contribution in [-0.4, -0.2) is 11.8 Å². The Hall–Kier alpha value is -0.630. The van der Waals surface area contributed by atoms with Gasteiger partial charge in [-0.1, -0.05) is 70.4 Å². The van der Waals surface area contributed by atoms with E-state index in [4.69, 9.17) is 5.73 Å². The summed E-state index contributed by atoms with van der Waals surface area (Å²) < 4.78 is 0. The molecule has 0 spiro atoms. The molecule has 2 nitrogen and oxygen atoms in total. The van der Waals surface area contributed by atoms with Gasteiger partial charge in [-0.15, -0.1) is 0 Å². The Morgan fingerprint density at radius 1 is 0.818 bits per heavy atom. The molecule has 2 heteroatoms. The molecule has 1 atom stereocenters. The van der Waals surface area contributed by atoms with Gasteiger partial charge in [0.25, 0.3) is 0 Å². The SMILES string of the molecule is CCCCCCCC/C=C\CCCCCCCC(=O)C(C)N. The first-order valence-corrected chi connectivity index (χ1v) is 9.61. The van der Waals surface area contributed by atoms with Crippen LogP contribution in [0.1, 0.15) is 104 Å². The molecule has 0 aliphatic carbocycles.